The predicted octanol–water partition coefficient (Wildman–Crippen LogP) is 3.44. The van der Waals surface area contributed by atoms with E-state index in [2.05, 4.69) is 23.8 Å². The van der Waals surface area contributed by atoms with E-state index in [1.807, 2.05) is 0 Å². The van der Waals surface area contributed by atoms with Crippen molar-refractivity contribution in [3.63, 3.8) is 0 Å². The number of para-hydroxylation sites is 1. The zero-order valence-corrected chi connectivity index (χ0v) is 15.9. The molecule has 1 aromatic heterocycles. The minimum Gasteiger partial charge on any atom is -0.465 e. The number of carbonyl (C=O) groups excluding carboxylic acids is 1. The van der Waals surface area contributed by atoms with E-state index < -0.39 is 11.5 Å². The third-order valence-corrected chi connectivity index (χ3v) is 5.33. The van der Waals surface area contributed by atoms with Crippen LogP contribution in [0.1, 0.15) is 43.5 Å². The molecule has 26 heavy (non-hydrogen) atoms. The van der Waals surface area contributed by atoms with Gasteiger partial charge in [0.2, 0.25) is 0 Å². The van der Waals surface area contributed by atoms with Gasteiger partial charge in [0.1, 0.15) is 5.02 Å². The molecule has 0 N–H and O–H groups in total. The Labute approximate surface area is 157 Å². The molecule has 0 radical (unpaired) electrons. The lowest BCUT2D eigenvalue weighted by atomic mass is 10.1. The number of esters is 1. The smallest absolute Gasteiger partial charge is 0.340 e. The molecule has 1 aliphatic rings. The van der Waals surface area contributed by atoms with Crippen molar-refractivity contribution >= 4 is 23.3 Å². The van der Waals surface area contributed by atoms with Gasteiger partial charge >= 0.3 is 5.97 Å². The number of hydrogen-bond acceptors (Lipinski definition) is 5. The first-order valence-corrected chi connectivity index (χ1v) is 9.11. The molecular weight excluding hydrogens is 354 g/mol. The second-order valence-electron chi connectivity index (χ2n) is 6.47. The second-order valence-corrected chi connectivity index (χ2v) is 6.84. The van der Waals surface area contributed by atoms with Gasteiger partial charge in [0.15, 0.2) is 0 Å². The van der Waals surface area contributed by atoms with E-state index in [4.69, 9.17) is 16.3 Å². The van der Waals surface area contributed by atoms with Crippen LogP contribution in [0.5, 0.6) is 0 Å². The first-order valence-electron chi connectivity index (χ1n) is 8.73. The zero-order chi connectivity index (χ0) is 18.8. The van der Waals surface area contributed by atoms with E-state index in [0.29, 0.717) is 23.5 Å². The highest BCUT2D eigenvalue weighted by Gasteiger charge is 2.32. The normalized spacial score (nSPS) is 19.6. The lowest BCUT2D eigenvalue weighted by Crippen LogP contribution is -2.36. The molecule has 2 heterocycles. The van der Waals surface area contributed by atoms with Crippen LogP contribution in [0.4, 0.5) is 5.69 Å². The lowest BCUT2D eigenvalue weighted by Gasteiger charge is -2.30. The topological polar surface area (TPSA) is 64.4 Å². The predicted molar refractivity (Wildman–Crippen MR) is 101 cm³/mol. The maximum absolute atomic E-state index is 12.9. The standard InChI is InChI=1S/C19H22ClN3O3/c1-4-13-10-9-12(2)22(13)16-11-21-23(18(24)17(16)20)15-8-6-5-7-14(15)19(25)26-3/h5-8,11-13H,4,9-10H2,1-3H3/t12-,13+/m1/s1. The van der Waals surface area contributed by atoms with Crippen LogP contribution in [0, 0.1) is 0 Å². The number of rotatable bonds is 4. The van der Waals surface area contributed by atoms with Gasteiger partial charge in [-0.25, -0.2) is 4.79 Å². The molecule has 0 bridgehead atoms. The molecule has 7 heteroatoms. The molecule has 1 aliphatic heterocycles. The van der Waals surface area contributed by atoms with Gasteiger partial charge < -0.3 is 9.64 Å². The second kappa shape index (κ2) is 7.50. The Morgan fingerprint density at radius 3 is 2.73 bits per heavy atom. The van der Waals surface area contributed by atoms with E-state index in [1.54, 1.807) is 30.5 Å². The number of carbonyl (C=O) groups is 1. The van der Waals surface area contributed by atoms with Crippen LogP contribution in [0.25, 0.3) is 5.69 Å². The van der Waals surface area contributed by atoms with Gasteiger partial charge in [-0.2, -0.15) is 9.78 Å². The van der Waals surface area contributed by atoms with Crippen molar-refractivity contribution in [1.29, 1.82) is 0 Å². The van der Waals surface area contributed by atoms with Gasteiger partial charge in [0, 0.05) is 12.1 Å². The summed E-state index contributed by atoms with van der Waals surface area (Å²) in [6.45, 7) is 4.26. The van der Waals surface area contributed by atoms with Crippen LogP contribution in [0.15, 0.2) is 35.3 Å². The number of halogens is 1. The lowest BCUT2D eigenvalue weighted by molar-refractivity contribution is 0.0600. The maximum Gasteiger partial charge on any atom is 0.340 e. The molecule has 2 aromatic rings. The van der Waals surface area contributed by atoms with Crippen molar-refractivity contribution in [1.82, 2.24) is 9.78 Å². The largest absolute Gasteiger partial charge is 0.465 e. The van der Waals surface area contributed by atoms with Crippen molar-refractivity contribution < 1.29 is 9.53 Å². The molecule has 0 amide bonds. The van der Waals surface area contributed by atoms with E-state index in [-0.39, 0.29) is 10.6 Å². The Balaban J connectivity index is 2.10. The van der Waals surface area contributed by atoms with E-state index >= 15 is 0 Å². The van der Waals surface area contributed by atoms with Gasteiger partial charge in [-0.15, -0.1) is 0 Å². The van der Waals surface area contributed by atoms with Crippen molar-refractivity contribution in [3.05, 3.63) is 51.4 Å². The summed E-state index contributed by atoms with van der Waals surface area (Å²) in [6, 6.07) is 7.32. The summed E-state index contributed by atoms with van der Waals surface area (Å²) in [4.78, 5) is 27.1. The van der Waals surface area contributed by atoms with Crippen LogP contribution in [0.2, 0.25) is 5.02 Å². The SMILES string of the molecule is CC[C@H]1CC[C@@H](C)N1c1cnn(-c2ccccc2C(=O)OC)c(=O)c1Cl. The minimum absolute atomic E-state index is 0.117. The van der Waals surface area contributed by atoms with Gasteiger partial charge in [0.05, 0.1) is 30.2 Å². The highest BCUT2D eigenvalue weighted by molar-refractivity contribution is 6.33. The number of methoxy groups -OCH3 is 1. The highest BCUT2D eigenvalue weighted by Crippen LogP contribution is 2.34. The van der Waals surface area contributed by atoms with Crippen molar-refractivity contribution in [2.24, 2.45) is 0 Å². The summed E-state index contributed by atoms with van der Waals surface area (Å²) in [5, 5.41) is 4.42. The maximum atomic E-state index is 12.9. The van der Waals surface area contributed by atoms with Crippen molar-refractivity contribution in [2.75, 3.05) is 12.0 Å². The summed E-state index contributed by atoms with van der Waals surface area (Å²) < 4.78 is 5.95. The van der Waals surface area contributed by atoms with Gasteiger partial charge in [-0.05, 0) is 38.3 Å². The fourth-order valence-electron chi connectivity index (χ4n) is 3.62. The molecule has 1 saturated heterocycles. The van der Waals surface area contributed by atoms with Gasteiger partial charge in [0.25, 0.3) is 5.56 Å². The Kier molecular flexibility index (Phi) is 5.32. The minimum atomic E-state index is -0.534. The quantitative estimate of drug-likeness (QED) is 0.766. The van der Waals surface area contributed by atoms with Crippen LogP contribution >= 0.6 is 11.6 Å². The average Bonchev–Trinajstić information content (AvgIpc) is 3.04. The average molecular weight is 376 g/mol. The van der Waals surface area contributed by atoms with E-state index in [9.17, 15) is 9.59 Å². The number of benzene rings is 1. The molecule has 2 atom stereocenters. The van der Waals surface area contributed by atoms with E-state index in [1.165, 1.54) is 7.11 Å². The number of hydrogen-bond donors (Lipinski definition) is 0. The van der Waals surface area contributed by atoms with Crippen molar-refractivity contribution in [3.8, 4) is 5.69 Å². The Morgan fingerprint density at radius 2 is 2.04 bits per heavy atom. The molecule has 3 rings (SSSR count). The van der Waals surface area contributed by atoms with Gasteiger partial charge in [-0.3, -0.25) is 4.79 Å². The zero-order valence-electron chi connectivity index (χ0n) is 15.1. The summed E-state index contributed by atoms with van der Waals surface area (Å²) in [5.74, 6) is -0.534. The molecular formula is C19H22ClN3O3. The molecule has 1 fully saturated rings. The summed E-state index contributed by atoms with van der Waals surface area (Å²) in [6.07, 6.45) is 4.72. The fraction of sp³-hybridized carbons (Fsp3) is 0.421. The molecule has 138 valence electrons. The first-order chi connectivity index (χ1) is 12.5. The molecule has 0 unspecified atom stereocenters. The van der Waals surface area contributed by atoms with Crippen molar-refractivity contribution in [2.45, 2.75) is 45.2 Å². The van der Waals surface area contributed by atoms with Crippen LogP contribution in [-0.4, -0.2) is 34.9 Å². The number of aromatic nitrogens is 2. The fourth-order valence-corrected chi connectivity index (χ4v) is 3.85. The molecule has 0 saturated carbocycles. The molecule has 6 nitrogen and oxygen atoms in total. The van der Waals surface area contributed by atoms with E-state index in [0.717, 1.165) is 23.9 Å². The molecule has 0 spiro atoms. The van der Waals surface area contributed by atoms with Crippen LogP contribution in [0.3, 0.4) is 0 Å². The number of anilines is 1. The summed E-state index contributed by atoms with van der Waals surface area (Å²) in [7, 11) is 1.30. The first kappa shape index (κ1) is 18.5. The summed E-state index contributed by atoms with van der Waals surface area (Å²) in [5.41, 5.74) is 0.809. The highest BCUT2D eigenvalue weighted by atomic mass is 35.5. The molecule has 0 aliphatic carbocycles. The summed E-state index contributed by atoms with van der Waals surface area (Å²) >= 11 is 6.45. The Morgan fingerprint density at radius 1 is 1.31 bits per heavy atom. The monoisotopic (exact) mass is 375 g/mol. The van der Waals surface area contributed by atoms with Gasteiger partial charge in [-0.1, -0.05) is 30.7 Å². The van der Waals surface area contributed by atoms with Crippen LogP contribution in [-0.2, 0) is 4.74 Å². The Hall–Kier alpha value is -2.34. The number of nitrogens with zero attached hydrogens (tertiary/aromatic N) is 3. The van der Waals surface area contributed by atoms with Crippen LogP contribution < -0.4 is 10.5 Å². The third kappa shape index (κ3) is 3.09. The number of ether oxygens (including phenoxy) is 1. The third-order valence-electron chi connectivity index (χ3n) is 4.97. The molecule has 1 aromatic carbocycles. The Bertz CT molecular complexity index is 881.